The molecule has 7 nitrogen and oxygen atoms in total. The van der Waals surface area contributed by atoms with Crippen LogP contribution in [0.15, 0.2) is 67.1 Å². The summed E-state index contributed by atoms with van der Waals surface area (Å²) in [5.74, 6) is 0.457. The van der Waals surface area contributed by atoms with E-state index in [0.29, 0.717) is 23.0 Å². The molecule has 0 saturated heterocycles. The number of aromatic nitrogens is 4. The lowest BCUT2D eigenvalue weighted by atomic mass is 10.3. The molecule has 3 aromatic heterocycles. The standard InChI is InChI=1S/C20H18ClN5O2/c1-24(12-16-13-25-9-3-2-7-19(25)22-16)20(27)18-8-10-26(23-18)14-28-17-6-4-5-15(21)11-17/h2-11,13H,12,14H2,1H3. The molecule has 28 heavy (non-hydrogen) atoms. The molecule has 0 unspecified atom stereocenters. The Hall–Kier alpha value is -3.32. The van der Waals surface area contributed by atoms with Gasteiger partial charge in [-0.3, -0.25) is 4.79 Å². The van der Waals surface area contributed by atoms with Gasteiger partial charge in [-0.2, -0.15) is 5.10 Å². The molecule has 0 aliphatic heterocycles. The summed E-state index contributed by atoms with van der Waals surface area (Å²) >= 11 is 5.94. The first-order valence-corrected chi connectivity index (χ1v) is 9.06. The molecular formula is C20H18ClN5O2. The van der Waals surface area contributed by atoms with Crippen molar-refractivity contribution in [3.63, 3.8) is 0 Å². The third-order valence-corrected chi connectivity index (χ3v) is 4.41. The minimum absolute atomic E-state index is 0.182. The smallest absolute Gasteiger partial charge is 0.274 e. The van der Waals surface area contributed by atoms with E-state index in [-0.39, 0.29) is 12.6 Å². The number of nitrogens with zero attached hydrogens (tertiary/aromatic N) is 5. The number of pyridine rings is 1. The Bertz CT molecular complexity index is 1090. The van der Waals surface area contributed by atoms with Crippen molar-refractivity contribution in [3.8, 4) is 5.75 Å². The van der Waals surface area contributed by atoms with Gasteiger partial charge < -0.3 is 14.0 Å². The van der Waals surface area contributed by atoms with Crippen molar-refractivity contribution < 1.29 is 9.53 Å². The number of imidazole rings is 1. The summed E-state index contributed by atoms with van der Waals surface area (Å²) < 4.78 is 9.12. The molecule has 8 heteroatoms. The fourth-order valence-electron chi connectivity index (χ4n) is 2.82. The molecule has 0 aliphatic rings. The fraction of sp³-hybridized carbons (Fsp3) is 0.150. The number of hydrogen-bond acceptors (Lipinski definition) is 4. The Morgan fingerprint density at radius 3 is 2.89 bits per heavy atom. The largest absolute Gasteiger partial charge is 0.471 e. The number of carbonyl (C=O) groups excluding carboxylic acids is 1. The summed E-state index contributed by atoms with van der Waals surface area (Å²) in [6.45, 7) is 0.580. The molecule has 0 saturated carbocycles. The predicted molar refractivity (Wildman–Crippen MR) is 105 cm³/mol. The topological polar surface area (TPSA) is 64.7 Å². The molecule has 4 rings (SSSR count). The lowest BCUT2D eigenvalue weighted by Gasteiger charge is -2.14. The molecule has 3 heterocycles. The predicted octanol–water partition coefficient (Wildman–Crippen LogP) is 3.49. The molecule has 1 aromatic carbocycles. The third-order valence-electron chi connectivity index (χ3n) is 4.18. The van der Waals surface area contributed by atoms with Crippen LogP contribution >= 0.6 is 11.6 Å². The first-order valence-electron chi connectivity index (χ1n) is 8.68. The van der Waals surface area contributed by atoms with Crippen molar-refractivity contribution in [1.82, 2.24) is 24.1 Å². The maximum atomic E-state index is 12.7. The van der Waals surface area contributed by atoms with Crippen molar-refractivity contribution in [3.05, 3.63) is 83.5 Å². The number of halogens is 1. The summed E-state index contributed by atoms with van der Waals surface area (Å²) in [6, 6.07) is 14.6. The number of hydrogen-bond donors (Lipinski definition) is 0. The number of ether oxygens (including phenoxy) is 1. The van der Waals surface area contributed by atoms with Crippen LogP contribution in [0.1, 0.15) is 16.2 Å². The van der Waals surface area contributed by atoms with Crippen molar-refractivity contribution in [2.75, 3.05) is 7.05 Å². The van der Waals surface area contributed by atoms with Gasteiger partial charge in [0.2, 0.25) is 0 Å². The number of amides is 1. The van der Waals surface area contributed by atoms with Crippen LogP contribution in [0.2, 0.25) is 5.02 Å². The van der Waals surface area contributed by atoms with Crippen molar-refractivity contribution in [2.24, 2.45) is 0 Å². The summed E-state index contributed by atoms with van der Waals surface area (Å²) in [5, 5.41) is 4.89. The van der Waals surface area contributed by atoms with E-state index < -0.39 is 0 Å². The van der Waals surface area contributed by atoms with Crippen LogP contribution in [0.25, 0.3) is 5.65 Å². The normalized spacial score (nSPS) is 10.9. The van der Waals surface area contributed by atoms with Gasteiger partial charge in [-0.15, -0.1) is 0 Å². The van der Waals surface area contributed by atoms with E-state index >= 15 is 0 Å². The van der Waals surface area contributed by atoms with Crippen LogP contribution in [0.4, 0.5) is 0 Å². The molecule has 0 radical (unpaired) electrons. The first kappa shape index (κ1) is 18.1. The molecular weight excluding hydrogens is 378 g/mol. The highest BCUT2D eigenvalue weighted by molar-refractivity contribution is 6.30. The Balaban J connectivity index is 1.39. The zero-order valence-electron chi connectivity index (χ0n) is 15.2. The highest BCUT2D eigenvalue weighted by Crippen LogP contribution is 2.17. The molecule has 0 fully saturated rings. The quantitative estimate of drug-likeness (QED) is 0.501. The summed E-state index contributed by atoms with van der Waals surface area (Å²) in [5.41, 5.74) is 2.01. The fourth-order valence-corrected chi connectivity index (χ4v) is 3.00. The Labute approximate surface area is 166 Å². The number of carbonyl (C=O) groups is 1. The number of rotatable bonds is 6. The van der Waals surface area contributed by atoms with Crippen molar-refractivity contribution in [2.45, 2.75) is 13.3 Å². The van der Waals surface area contributed by atoms with Gasteiger partial charge in [0.15, 0.2) is 12.4 Å². The van der Waals surface area contributed by atoms with E-state index in [1.54, 1.807) is 41.0 Å². The van der Waals surface area contributed by atoms with Gasteiger partial charge in [0.1, 0.15) is 11.4 Å². The van der Waals surface area contributed by atoms with Crippen molar-refractivity contribution in [1.29, 1.82) is 0 Å². The summed E-state index contributed by atoms with van der Waals surface area (Å²) in [7, 11) is 1.73. The highest BCUT2D eigenvalue weighted by Gasteiger charge is 2.16. The van der Waals surface area contributed by atoms with E-state index in [4.69, 9.17) is 16.3 Å². The maximum Gasteiger partial charge on any atom is 0.274 e. The van der Waals surface area contributed by atoms with Crippen LogP contribution in [-0.4, -0.2) is 37.0 Å². The van der Waals surface area contributed by atoms with Crippen LogP contribution < -0.4 is 4.74 Å². The Morgan fingerprint density at radius 2 is 2.07 bits per heavy atom. The van der Waals surface area contributed by atoms with Gasteiger partial charge in [-0.25, -0.2) is 9.67 Å². The van der Waals surface area contributed by atoms with E-state index in [9.17, 15) is 4.79 Å². The third kappa shape index (κ3) is 3.99. The molecule has 0 bridgehead atoms. The lowest BCUT2D eigenvalue weighted by Crippen LogP contribution is -2.27. The van der Waals surface area contributed by atoms with Gasteiger partial charge in [0.25, 0.3) is 5.91 Å². The van der Waals surface area contributed by atoms with Gasteiger partial charge in [-0.05, 0) is 36.4 Å². The molecule has 0 N–H and O–H groups in total. The van der Waals surface area contributed by atoms with E-state index in [0.717, 1.165) is 11.3 Å². The number of benzene rings is 1. The Morgan fingerprint density at radius 1 is 1.18 bits per heavy atom. The van der Waals surface area contributed by atoms with Crippen LogP contribution in [0.3, 0.4) is 0 Å². The average Bonchev–Trinajstić information content (AvgIpc) is 3.32. The van der Waals surface area contributed by atoms with E-state index in [2.05, 4.69) is 10.1 Å². The molecule has 4 aromatic rings. The van der Waals surface area contributed by atoms with Gasteiger partial charge in [0.05, 0.1) is 12.2 Å². The Kier molecular flexibility index (Phi) is 4.99. The second-order valence-corrected chi connectivity index (χ2v) is 6.77. The van der Waals surface area contributed by atoms with E-state index in [1.165, 1.54) is 0 Å². The average molecular weight is 396 g/mol. The minimum atomic E-state index is -0.182. The SMILES string of the molecule is CN(Cc1cn2ccccc2n1)C(=O)c1ccn(COc2cccc(Cl)c2)n1. The van der Waals surface area contributed by atoms with Crippen LogP contribution in [0.5, 0.6) is 5.75 Å². The summed E-state index contributed by atoms with van der Waals surface area (Å²) in [6.07, 6.45) is 5.54. The highest BCUT2D eigenvalue weighted by atomic mass is 35.5. The zero-order chi connectivity index (χ0) is 19.5. The van der Waals surface area contributed by atoms with Gasteiger partial charge in [0, 0.05) is 30.7 Å². The molecule has 1 amide bonds. The first-order chi connectivity index (χ1) is 13.6. The molecule has 0 spiro atoms. The zero-order valence-corrected chi connectivity index (χ0v) is 16.0. The molecule has 0 atom stereocenters. The van der Waals surface area contributed by atoms with Gasteiger partial charge >= 0.3 is 0 Å². The van der Waals surface area contributed by atoms with Crippen LogP contribution in [0, 0.1) is 0 Å². The molecule has 142 valence electrons. The second-order valence-electron chi connectivity index (χ2n) is 6.33. The van der Waals surface area contributed by atoms with Gasteiger partial charge in [-0.1, -0.05) is 23.7 Å². The van der Waals surface area contributed by atoms with Crippen LogP contribution in [-0.2, 0) is 13.3 Å². The van der Waals surface area contributed by atoms with E-state index in [1.807, 2.05) is 47.1 Å². The maximum absolute atomic E-state index is 12.7. The minimum Gasteiger partial charge on any atom is -0.471 e. The lowest BCUT2D eigenvalue weighted by molar-refractivity contribution is 0.0775. The second kappa shape index (κ2) is 7.74. The van der Waals surface area contributed by atoms with Crippen molar-refractivity contribution >= 4 is 23.2 Å². The monoisotopic (exact) mass is 395 g/mol. The summed E-state index contributed by atoms with van der Waals surface area (Å²) in [4.78, 5) is 18.8. The number of fused-ring (bicyclic) bond motifs is 1. The molecule has 0 aliphatic carbocycles.